The molecule has 2 aromatic carbocycles. The molecule has 3 rings (SSSR count). The maximum absolute atomic E-state index is 5.75. The van der Waals surface area contributed by atoms with E-state index in [2.05, 4.69) is 30.3 Å². The van der Waals surface area contributed by atoms with Crippen LogP contribution < -0.4 is 0 Å². The van der Waals surface area contributed by atoms with Crippen molar-refractivity contribution >= 4 is 11.0 Å². The molecule has 3 aromatic rings. The van der Waals surface area contributed by atoms with Crippen molar-refractivity contribution in [3.05, 3.63) is 60.4 Å². The largest absolute Gasteiger partial charge is 0.461 e. The molecule has 24 heavy (non-hydrogen) atoms. The summed E-state index contributed by atoms with van der Waals surface area (Å²) in [6.07, 6.45) is 0. The van der Waals surface area contributed by atoms with Gasteiger partial charge in [0.05, 0.1) is 0 Å². The standard InChI is InChI=1S/C15H12O.4C2H6/c1-11-15(12-7-3-2-4-8-12)13-9-5-6-10-14(13)16-11;4*1-2/h2-10H,1H3;4*1-2H3. The van der Waals surface area contributed by atoms with Crippen molar-refractivity contribution in [3.63, 3.8) is 0 Å². The van der Waals surface area contributed by atoms with Gasteiger partial charge in [0.25, 0.3) is 0 Å². The number of fused-ring (bicyclic) bond motifs is 1. The summed E-state index contributed by atoms with van der Waals surface area (Å²) in [6.45, 7) is 18.0. The van der Waals surface area contributed by atoms with Crippen LogP contribution in [-0.4, -0.2) is 0 Å². The number of aryl methyl sites for hydroxylation is 1. The van der Waals surface area contributed by atoms with Crippen LogP contribution in [-0.2, 0) is 0 Å². The van der Waals surface area contributed by atoms with Crippen LogP contribution in [0.1, 0.15) is 61.2 Å². The van der Waals surface area contributed by atoms with Gasteiger partial charge in [-0.3, -0.25) is 0 Å². The lowest BCUT2D eigenvalue weighted by molar-refractivity contribution is 0.580. The first-order chi connectivity index (χ1) is 11.9. The molecule has 134 valence electrons. The first-order valence-electron chi connectivity index (χ1n) is 9.40. The Morgan fingerprint density at radius 2 is 1.04 bits per heavy atom. The first-order valence-corrected chi connectivity index (χ1v) is 9.40. The molecular weight excluding hydrogens is 292 g/mol. The Bertz CT molecular complexity index is 621. The summed E-state index contributed by atoms with van der Waals surface area (Å²) < 4.78 is 5.75. The van der Waals surface area contributed by atoms with E-state index in [-0.39, 0.29) is 0 Å². The van der Waals surface area contributed by atoms with Crippen LogP contribution in [0.4, 0.5) is 0 Å². The van der Waals surface area contributed by atoms with Gasteiger partial charge in [-0.1, -0.05) is 104 Å². The summed E-state index contributed by atoms with van der Waals surface area (Å²) in [7, 11) is 0. The minimum Gasteiger partial charge on any atom is -0.461 e. The van der Waals surface area contributed by atoms with Crippen LogP contribution in [0.5, 0.6) is 0 Å². The van der Waals surface area contributed by atoms with Crippen molar-refractivity contribution in [2.45, 2.75) is 62.3 Å². The van der Waals surface area contributed by atoms with Gasteiger partial charge in [0.1, 0.15) is 11.3 Å². The van der Waals surface area contributed by atoms with Gasteiger partial charge in [-0.15, -0.1) is 0 Å². The van der Waals surface area contributed by atoms with E-state index in [9.17, 15) is 0 Å². The molecule has 0 aliphatic rings. The average Bonchev–Trinajstić information content (AvgIpc) is 3.04. The van der Waals surface area contributed by atoms with Crippen molar-refractivity contribution in [2.24, 2.45) is 0 Å². The minimum atomic E-state index is 0.957. The van der Waals surface area contributed by atoms with E-state index < -0.39 is 0 Å². The molecule has 0 atom stereocenters. The second-order valence-electron chi connectivity index (χ2n) is 3.90. The van der Waals surface area contributed by atoms with E-state index in [0.29, 0.717) is 0 Å². The van der Waals surface area contributed by atoms with E-state index in [0.717, 1.165) is 11.3 Å². The van der Waals surface area contributed by atoms with E-state index in [1.165, 1.54) is 16.5 Å². The number of rotatable bonds is 1. The smallest absolute Gasteiger partial charge is 0.134 e. The fourth-order valence-corrected chi connectivity index (χ4v) is 2.13. The van der Waals surface area contributed by atoms with E-state index in [1.807, 2.05) is 86.6 Å². The topological polar surface area (TPSA) is 13.1 Å². The molecule has 1 nitrogen and oxygen atoms in total. The van der Waals surface area contributed by atoms with Crippen molar-refractivity contribution in [1.82, 2.24) is 0 Å². The highest BCUT2D eigenvalue weighted by molar-refractivity contribution is 5.95. The Kier molecular flexibility index (Phi) is 16.0. The SMILES string of the molecule is CC.CC.CC.CC.Cc1oc2ccccc2c1-c1ccccc1. The molecule has 1 heterocycles. The second-order valence-corrected chi connectivity index (χ2v) is 3.90. The molecule has 0 fully saturated rings. The molecule has 1 aromatic heterocycles. The zero-order valence-corrected chi connectivity index (χ0v) is 17.1. The summed E-state index contributed by atoms with van der Waals surface area (Å²) in [4.78, 5) is 0. The van der Waals surface area contributed by atoms with E-state index in [4.69, 9.17) is 4.42 Å². The van der Waals surface area contributed by atoms with Crippen molar-refractivity contribution in [3.8, 4) is 11.1 Å². The van der Waals surface area contributed by atoms with E-state index >= 15 is 0 Å². The number of hydrogen-bond donors (Lipinski definition) is 0. The zero-order valence-electron chi connectivity index (χ0n) is 17.1. The Balaban J connectivity index is 0. The number of furan rings is 1. The van der Waals surface area contributed by atoms with Crippen LogP contribution >= 0.6 is 0 Å². The molecule has 0 amide bonds. The lowest BCUT2D eigenvalue weighted by Gasteiger charge is -1.99. The van der Waals surface area contributed by atoms with Crippen LogP contribution in [0.3, 0.4) is 0 Å². The number of para-hydroxylation sites is 1. The third kappa shape index (κ3) is 6.62. The summed E-state index contributed by atoms with van der Waals surface area (Å²) in [5.74, 6) is 0.979. The molecule has 0 bridgehead atoms. The molecule has 0 spiro atoms. The first kappa shape index (κ1) is 24.2. The van der Waals surface area contributed by atoms with Gasteiger partial charge in [-0.05, 0) is 18.6 Å². The highest BCUT2D eigenvalue weighted by Gasteiger charge is 2.11. The fourth-order valence-electron chi connectivity index (χ4n) is 2.13. The average molecular weight is 329 g/mol. The van der Waals surface area contributed by atoms with Gasteiger partial charge in [0, 0.05) is 10.9 Å². The number of hydrogen-bond acceptors (Lipinski definition) is 1. The van der Waals surface area contributed by atoms with Crippen LogP contribution in [0.2, 0.25) is 0 Å². The summed E-state index contributed by atoms with van der Waals surface area (Å²) >= 11 is 0. The Hall–Kier alpha value is -2.02. The van der Waals surface area contributed by atoms with E-state index in [1.54, 1.807) is 0 Å². The van der Waals surface area contributed by atoms with Gasteiger partial charge >= 0.3 is 0 Å². The lowest BCUT2D eigenvalue weighted by atomic mass is 10.0. The highest BCUT2D eigenvalue weighted by Crippen LogP contribution is 2.33. The summed E-state index contributed by atoms with van der Waals surface area (Å²) in [5.41, 5.74) is 3.38. The van der Waals surface area contributed by atoms with Crippen LogP contribution in [0.25, 0.3) is 22.1 Å². The minimum absolute atomic E-state index is 0.957. The predicted octanol–water partition coefficient (Wildman–Crippen LogP) is 8.51. The van der Waals surface area contributed by atoms with Gasteiger partial charge in [0.15, 0.2) is 0 Å². The molecular formula is C23H36O. The van der Waals surface area contributed by atoms with Gasteiger partial charge in [-0.2, -0.15) is 0 Å². The van der Waals surface area contributed by atoms with Crippen molar-refractivity contribution in [2.75, 3.05) is 0 Å². The molecule has 0 radical (unpaired) electrons. The van der Waals surface area contributed by atoms with Gasteiger partial charge in [0.2, 0.25) is 0 Å². The molecule has 0 saturated heterocycles. The number of benzene rings is 2. The van der Waals surface area contributed by atoms with Gasteiger partial charge in [-0.25, -0.2) is 0 Å². The maximum Gasteiger partial charge on any atom is 0.134 e. The Morgan fingerprint density at radius 1 is 0.583 bits per heavy atom. The van der Waals surface area contributed by atoms with Crippen molar-refractivity contribution < 1.29 is 4.42 Å². The molecule has 1 heteroatoms. The summed E-state index contributed by atoms with van der Waals surface area (Å²) in [5, 5.41) is 1.19. The fraction of sp³-hybridized carbons (Fsp3) is 0.391. The second kappa shape index (κ2) is 15.9. The Labute approximate surface area is 149 Å². The predicted molar refractivity (Wildman–Crippen MR) is 112 cm³/mol. The molecule has 0 aliphatic heterocycles. The normalized spacial score (nSPS) is 8.21. The monoisotopic (exact) mass is 328 g/mol. The maximum atomic E-state index is 5.75. The summed E-state index contributed by atoms with van der Waals surface area (Å²) in [6, 6.07) is 18.5. The molecule has 0 saturated carbocycles. The quantitative estimate of drug-likeness (QED) is 0.436. The lowest BCUT2D eigenvalue weighted by Crippen LogP contribution is -1.77. The van der Waals surface area contributed by atoms with Crippen molar-refractivity contribution in [1.29, 1.82) is 0 Å². The van der Waals surface area contributed by atoms with Crippen LogP contribution in [0, 0.1) is 6.92 Å². The molecule has 0 aliphatic carbocycles. The third-order valence-electron chi connectivity index (χ3n) is 2.83. The Morgan fingerprint density at radius 3 is 1.58 bits per heavy atom. The third-order valence-corrected chi connectivity index (χ3v) is 2.83. The molecule has 0 N–H and O–H groups in total. The van der Waals surface area contributed by atoms with Crippen LogP contribution in [0.15, 0.2) is 59.0 Å². The highest BCUT2D eigenvalue weighted by atomic mass is 16.3. The zero-order chi connectivity index (χ0) is 19.0. The van der Waals surface area contributed by atoms with Gasteiger partial charge < -0.3 is 4.42 Å². The molecule has 0 unspecified atom stereocenters.